The minimum atomic E-state index is -0.564. The lowest BCUT2D eigenvalue weighted by Gasteiger charge is -2.09. The van der Waals surface area contributed by atoms with Crippen molar-refractivity contribution in [1.82, 2.24) is 4.98 Å². The fourth-order valence-corrected chi connectivity index (χ4v) is 2.34. The van der Waals surface area contributed by atoms with Crippen molar-refractivity contribution in [3.05, 3.63) is 57.5 Å². The largest absolute Gasteiger partial charge is 0.456 e. The van der Waals surface area contributed by atoms with E-state index in [1.807, 2.05) is 0 Å². The van der Waals surface area contributed by atoms with Gasteiger partial charge in [0, 0.05) is 6.42 Å². The van der Waals surface area contributed by atoms with Gasteiger partial charge in [-0.15, -0.1) is 0 Å². The molecule has 2 rings (SSSR count). The second-order valence-corrected chi connectivity index (χ2v) is 6.04. The molecule has 1 aromatic carbocycles. The first-order valence-corrected chi connectivity index (χ1v) is 8.13. The molecule has 8 heteroatoms. The van der Waals surface area contributed by atoms with Crippen LogP contribution in [0.2, 0.25) is 10.0 Å². The fraction of sp³-hybridized carbons (Fsp3) is 0.235. The summed E-state index contributed by atoms with van der Waals surface area (Å²) in [6.45, 7) is 1.21. The van der Waals surface area contributed by atoms with E-state index in [1.165, 1.54) is 18.2 Å². The lowest BCUT2D eigenvalue weighted by atomic mass is 10.1. The van der Waals surface area contributed by atoms with Gasteiger partial charge < -0.3 is 10.1 Å². The molecule has 1 heterocycles. The van der Waals surface area contributed by atoms with Crippen LogP contribution in [0, 0.1) is 12.7 Å². The molecule has 2 aromatic rings. The third kappa shape index (κ3) is 5.99. The lowest BCUT2D eigenvalue weighted by molar-refractivity contribution is -0.147. The standard InChI is InChI=1S/C17H15Cl2FN2O3/c1-10-13(18)8-14(19)17(21-10)22-15(23)9-25-16(24)7-4-11-2-5-12(20)6-3-11/h2-3,5-6,8H,4,7,9H2,1H3,(H,21,22,23). The average Bonchev–Trinajstić information content (AvgIpc) is 2.57. The highest BCUT2D eigenvalue weighted by Gasteiger charge is 2.12. The van der Waals surface area contributed by atoms with Gasteiger partial charge in [-0.2, -0.15) is 0 Å². The Morgan fingerprint density at radius 3 is 2.56 bits per heavy atom. The summed E-state index contributed by atoms with van der Waals surface area (Å²) in [5.74, 6) is -1.29. The Kier molecular flexibility index (Phi) is 6.73. The summed E-state index contributed by atoms with van der Waals surface area (Å²) in [7, 11) is 0. The Morgan fingerprint density at radius 1 is 1.20 bits per heavy atom. The number of carbonyl (C=O) groups is 2. The zero-order valence-corrected chi connectivity index (χ0v) is 14.8. The molecule has 0 unspecified atom stereocenters. The van der Waals surface area contributed by atoms with Crippen LogP contribution in [0.25, 0.3) is 0 Å². The Bertz CT molecular complexity index is 782. The van der Waals surface area contributed by atoms with E-state index < -0.39 is 18.5 Å². The maximum Gasteiger partial charge on any atom is 0.306 e. The van der Waals surface area contributed by atoms with E-state index in [9.17, 15) is 14.0 Å². The number of hydrogen-bond donors (Lipinski definition) is 1. The molecular weight excluding hydrogens is 370 g/mol. The number of aryl methyl sites for hydroxylation is 2. The van der Waals surface area contributed by atoms with Crippen molar-refractivity contribution in [3.63, 3.8) is 0 Å². The zero-order chi connectivity index (χ0) is 18.4. The molecule has 0 atom stereocenters. The highest BCUT2D eigenvalue weighted by atomic mass is 35.5. The number of esters is 1. The van der Waals surface area contributed by atoms with Crippen LogP contribution >= 0.6 is 23.2 Å². The number of benzene rings is 1. The van der Waals surface area contributed by atoms with Crippen LogP contribution < -0.4 is 5.32 Å². The molecule has 0 aliphatic carbocycles. The Balaban J connectivity index is 1.78. The van der Waals surface area contributed by atoms with Crippen LogP contribution in [-0.2, 0) is 20.7 Å². The van der Waals surface area contributed by atoms with Crippen molar-refractivity contribution in [2.45, 2.75) is 19.8 Å². The van der Waals surface area contributed by atoms with Gasteiger partial charge in [0.25, 0.3) is 5.91 Å². The van der Waals surface area contributed by atoms with Crippen molar-refractivity contribution < 1.29 is 18.7 Å². The van der Waals surface area contributed by atoms with Crippen LogP contribution in [0.1, 0.15) is 17.7 Å². The molecule has 0 saturated carbocycles. The SMILES string of the molecule is Cc1nc(NC(=O)COC(=O)CCc2ccc(F)cc2)c(Cl)cc1Cl. The van der Waals surface area contributed by atoms with Crippen LogP contribution in [0.4, 0.5) is 10.2 Å². The van der Waals surface area contributed by atoms with Gasteiger partial charge in [0.05, 0.1) is 15.7 Å². The summed E-state index contributed by atoms with van der Waals surface area (Å²) in [4.78, 5) is 27.5. The topological polar surface area (TPSA) is 68.3 Å². The molecule has 0 aliphatic heterocycles. The van der Waals surface area contributed by atoms with Gasteiger partial charge in [0.2, 0.25) is 0 Å². The predicted molar refractivity (Wildman–Crippen MR) is 93.3 cm³/mol. The van der Waals surface area contributed by atoms with Crippen LogP contribution in [-0.4, -0.2) is 23.5 Å². The van der Waals surface area contributed by atoms with E-state index in [0.29, 0.717) is 17.1 Å². The summed E-state index contributed by atoms with van der Waals surface area (Å²) >= 11 is 11.8. The second kappa shape index (κ2) is 8.78. The number of carbonyl (C=O) groups excluding carboxylic acids is 2. The first-order valence-electron chi connectivity index (χ1n) is 7.37. The van der Waals surface area contributed by atoms with Gasteiger partial charge in [-0.3, -0.25) is 9.59 Å². The van der Waals surface area contributed by atoms with Gasteiger partial charge in [-0.05, 0) is 37.1 Å². The molecule has 1 amide bonds. The second-order valence-electron chi connectivity index (χ2n) is 5.22. The molecule has 0 radical (unpaired) electrons. The van der Waals surface area contributed by atoms with Crippen molar-refractivity contribution in [3.8, 4) is 0 Å². The minimum Gasteiger partial charge on any atom is -0.456 e. The number of aromatic nitrogens is 1. The maximum atomic E-state index is 12.8. The molecular formula is C17H15Cl2FN2O3. The predicted octanol–water partition coefficient (Wildman–Crippen LogP) is 3.95. The van der Waals surface area contributed by atoms with Gasteiger partial charge >= 0.3 is 5.97 Å². The van der Waals surface area contributed by atoms with Gasteiger partial charge in [0.1, 0.15) is 5.82 Å². The molecule has 1 N–H and O–H groups in total. The Labute approximate surface area is 154 Å². The number of ether oxygens (including phenoxy) is 1. The fourth-order valence-electron chi connectivity index (χ4n) is 1.93. The first-order chi connectivity index (χ1) is 11.8. The third-order valence-corrected chi connectivity index (χ3v) is 3.93. The number of rotatable bonds is 6. The molecule has 1 aromatic heterocycles. The smallest absolute Gasteiger partial charge is 0.306 e. The number of nitrogens with zero attached hydrogens (tertiary/aromatic N) is 1. The van der Waals surface area contributed by atoms with Gasteiger partial charge in [0.15, 0.2) is 12.4 Å². The molecule has 25 heavy (non-hydrogen) atoms. The van der Waals surface area contributed by atoms with Crippen molar-refractivity contribution in [1.29, 1.82) is 0 Å². The van der Waals surface area contributed by atoms with Crippen molar-refractivity contribution in [2.24, 2.45) is 0 Å². The van der Waals surface area contributed by atoms with Gasteiger partial charge in [-0.1, -0.05) is 35.3 Å². The summed E-state index contributed by atoms with van der Waals surface area (Å²) in [5.41, 5.74) is 1.31. The summed E-state index contributed by atoms with van der Waals surface area (Å²) in [6, 6.07) is 7.28. The van der Waals surface area contributed by atoms with E-state index in [-0.39, 0.29) is 23.1 Å². The van der Waals surface area contributed by atoms with E-state index >= 15 is 0 Å². The highest BCUT2D eigenvalue weighted by molar-refractivity contribution is 6.36. The Hall–Kier alpha value is -2.18. The zero-order valence-electron chi connectivity index (χ0n) is 13.3. The normalized spacial score (nSPS) is 10.4. The number of nitrogens with one attached hydrogen (secondary N) is 1. The van der Waals surface area contributed by atoms with E-state index in [1.54, 1.807) is 19.1 Å². The maximum absolute atomic E-state index is 12.8. The monoisotopic (exact) mass is 384 g/mol. The molecule has 0 spiro atoms. The average molecular weight is 385 g/mol. The lowest BCUT2D eigenvalue weighted by Crippen LogP contribution is -2.22. The van der Waals surface area contributed by atoms with Crippen molar-refractivity contribution in [2.75, 3.05) is 11.9 Å². The molecule has 0 bridgehead atoms. The van der Waals surface area contributed by atoms with Crippen LogP contribution in [0.15, 0.2) is 30.3 Å². The molecule has 132 valence electrons. The molecule has 0 aliphatic rings. The summed E-state index contributed by atoms with van der Waals surface area (Å²) < 4.78 is 17.7. The van der Waals surface area contributed by atoms with E-state index in [2.05, 4.69) is 10.3 Å². The first kappa shape index (κ1) is 19.1. The van der Waals surface area contributed by atoms with Crippen LogP contribution in [0.5, 0.6) is 0 Å². The third-order valence-electron chi connectivity index (χ3n) is 3.26. The molecule has 0 saturated heterocycles. The number of pyridine rings is 1. The van der Waals surface area contributed by atoms with E-state index in [0.717, 1.165) is 5.56 Å². The van der Waals surface area contributed by atoms with Crippen LogP contribution in [0.3, 0.4) is 0 Å². The summed E-state index contributed by atoms with van der Waals surface area (Å²) in [5, 5.41) is 3.03. The Morgan fingerprint density at radius 2 is 1.88 bits per heavy atom. The highest BCUT2D eigenvalue weighted by Crippen LogP contribution is 2.25. The summed E-state index contributed by atoms with van der Waals surface area (Å²) in [6.07, 6.45) is 0.475. The number of amides is 1. The quantitative estimate of drug-likeness (QED) is 0.765. The number of anilines is 1. The number of hydrogen-bond acceptors (Lipinski definition) is 4. The van der Waals surface area contributed by atoms with Gasteiger partial charge in [-0.25, -0.2) is 9.37 Å². The van der Waals surface area contributed by atoms with E-state index in [4.69, 9.17) is 27.9 Å². The molecule has 0 fully saturated rings. The number of halogens is 3. The molecule has 5 nitrogen and oxygen atoms in total. The minimum absolute atomic E-state index is 0.0813. The van der Waals surface area contributed by atoms with Crippen molar-refractivity contribution >= 4 is 40.9 Å².